The van der Waals surface area contributed by atoms with Crippen molar-refractivity contribution in [1.82, 2.24) is 0 Å². The Hall–Kier alpha value is -1.85. The lowest BCUT2D eigenvalue weighted by Gasteiger charge is -2.17. The molecule has 0 amide bonds. The third-order valence-corrected chi connectivity index (χ3v) is 3.46. The van der Waals surface area contributed by atoms with Crippen LogP contribution in [0, 0.1) is 11.5 Å². The van der Waals surface area contributed by atoms with Crippen LogP contribution < -0.4 is 0 Å². The van der Waals surface area contributed by atoms with Crippen molar-refractivity contribution < 1.29 is 33.3 Å². The van der Waals surface area contributed by atoms with Crippen molar-refractivity contribution in [1.29, 1.82) is 5.26 Å². The van der Waals surface area contributed by atoms with Crippen LogP contribution in [0.3, 0.4) is 0 Å². The molecule has 0 N–H and O–H groups in total. The van der Waals surface area contributed by atoms with Crippen molar-refractivity contribution in [3.05, 3.63) is 0 Å². The zero-order valence-electron chi connectivity index (χ0n) is 12.4. The summed E-state index contributed by atoms with van der Waals surface area (Å²) in [6.07, 6.45) is 0.697. The molecule has 0 unspecified atom stereocenters. The zero-order chi connectivity index (χ0) is 15.9. The summed E-state index contributed by atoms with van der Waals surface area (Å²) in [5, 5.41) is 8.22. The van der Waals surface area contributed by atoms with Crippen LogP contribution in [-0.4, -0.2) is 56.2 Å². The smallest absolute Gasteiger partial charge is 0.309 e. The fourth-order valence-corrected chi connectivity index (χ4v) is 2.47. The maximum atomic E-state index is 11.6. The maximum Gasteiger partial charge on any atom is 0.309 e. The second-order valence-electron chi connectivity index (χ2n) is 5.09. The van der Waals surface area contributed by atoms with Gasteiger partial charge in [0.05, 0.1) is 19.6 Å². The largest absolute Gasteiger partial charge is 0.457 e. The molecule has 0 spiro atoms. The Labute approximate surface area is 128 Å². The van der Waals surface area contributed by atoms with Gasteiger partial charge in [-0.2, -0.15) is 5.26 Å². The van der Waals surface area contributed by atoms with Crippen LogP contribution in [-0.2, 0) is 33.3 Å². The molecule has 8 nitrogen and oxygen atoms in total. The number of hydrogen-bond acceptors (Lipinski definition) is 8. The van der Waals surface area contributed by atoms with Crippen LogP contribution >= 0.6 is 0 Å². The van der Waals surface area contributed by atoms with Gasteiger partial charge in [-0.1, -0.05) is 6.92 Å². The van der Waals surface area contributed by atoms with E-state index in [1.807, 2.05) is 6.92 Å². The molecular formula is C14H19NO7. The molecule has 0 aromatic heterocycles. The normalized spacial score (nSPS) is 29.5. The minimum Gasteiger partial charge on any atom is -0.457 e. The van der Waals surface area contributed by atoms with Crippen molar-refractivity contribution in [3.8, 4) is 6.26 Å². The topological polar surface area (TPSA) is 104 Å². The number of rotatable bonds is 7. The van der Waals surface area contributed by atoms with Gasteiger partial charge in [0.1, 0.15) is 18.8 Å². The van der Waals surface area contributed by atoms with Crippen molar-refractivity contribution >= 4 is 11.9 Å². The van der Waals surface area contributed by atoms with Crippen LogP contribution in [0.15, 0.2) is 0 Å². The quantitative estimate of drug-likeness (QED) is 0.375. The number of hydrogen-bond donors (Lipinski definition) is 0. The minimum atomic E-state index is -0.533. The molecule has 0 aliphatic carbocycles. The second-order valence-corrected chi connectivity index (χ2v) is 5.09. The van der Waals surface area contributed by atoms with Crippen molar-refractivity contribution in [3.63, 3.8) is 0 Å². The highest BCUT2D eigenvalue weighted by atomic mass is 16.7. The van der Waals surface area contributed by atoms with Gasteiger partial charge in [-0.15, -0.1) is 0 Å². The molecule has 22 heavy (non-hydrogen) atoms. The lowest BCUT2D eigenvalue weighted by atomic mass is 10.1. The van der Waals surface area contributed by atoms with Gasteiger partial charge in [0, 0.05) is 6.42 Å². The molecule has 2 saturated heterocycles. The molecule has 2 rings (SSSR count). The summed E-state index contributed by atoms with van der Waals surface area (Å²) in [6.45, 7) is 2.31. The molecule has 4 atom stereocenters. The summed E-state index contributed by atoms with van der Waals surface area (Å²) < 4.78 is 26.1. The predicted octanol–water partition coefficient (Wildman–Crippen LogP) is 0.295. The van der Waals surface area contributed by atoms with Gasteiger partial charge in [-0.3, -0.25) is 9.59 Å². The molecule has 2 aliphatic heterocycles. The molecule has 0 bridgehead atoms. The third-order valence-electron chi connectivity index (χ3n) is 3.46. The number of fused-ring (bicyclic) bond motifs is 1. The van der Waals surface area contributed by atoms with E-state index in [0.29, 0.717) is 12.8 Å². The molecule has 2 aliphatic rings. The van der Waals surface area contributed by atoms with Crippen molar-refractivity contribution in [2.75, 3.05) is 19.8 Å². The molecule has 0 aromatic carbocycles. The van der Waals surface area contributed by atoms with Crippen LogP contribution in [0.1, 0.15) is 26.2 Å². The van der Waals surface area contributed by atoms with Gasteiger partial charge >= 0.3 is 11.9 Å². The summed E-state index contributed by atoms with van der Waals surface area (Å²) in [5.74, 6) is -0.769. The van der Waals surface area contributed by atoms with E-state index >= 15 is 0 Å². The standard InChI is InChI=1S/C14H19NO7/c1-2-3-11(16)21-9-6-19-14-10(7-20-13(9)14)22-12(17)4-5-18-8-15/h9-10,13-14H,2-7H2,1H3/t9-,10-,13+,14+/m0/s1. The fourth-order valence-electron chi connectivity index (χ4n) is 2.47. The molecule has 0 radical (unpaired) electrons. The van der Waals surface area contributed by atoms with Gasteiger partial charge in [0.15, 0.2) is 12.2 Å². The highest BCUT2D eigenvalue weighted by Gasteiger charge is 2.51. The second kappa shape index (κ2) is 7.96. The molecule has 0 saturated carbocycles. The Morgan fingerprint density at radius 1 is 1.09 bits per heavy atom. The first-order valence-electron chi connectivity index (χ1n) is 7.28. The lowest BCUT2D eigenvalue weighted by molar-refractivity contribution is -0.155. The number of ether oxygens (including phenoxy) is 5. The van der Waals surface area contributed by atoms with Gasteiger partial charge in [-0.25, -0.2) is 0 Å². The Kier molecular flexibility index (Phi) is 5.98. The van der Waals surface area contributed by atoms with Gasteiger partial charge in [-0.05, 0) is 6.42 Å². The number of nitriles is 1. The van der Waals surface area contributed by atoms with Crippen LogP contribution in [0.2, 0.25) is 0 Å². The van der Waals surface area contributed by atoms with Gasteiger partial charge in [0.25, 0.3) is 6.26 Å². The minimum absolute atomic E-state index is 0.0175. The maximum absolute atomic E-state index is 11.6. The molecule has 0 aromatic rings. The Morgan fingerprint density at radius 3 is 2.14 bits per heavy atom. The summed E-state index contributed by atoms with van der Waals surface area (Å²) in [6, 6.07) is 0. The van der Waals surface area contributed by atoms with E-state index in [9.17, 15) is 9.59 Å². The van der Waals surface area contributed by atoms with Gasteiger partial charge < -0.3 is 23.7 Å². The SMILES string of the molecule is CCCC(=O)O[C@H]1CO[C@H]2[C@@H]1OC[C@@H]2OC(=O)CCOC#N. The van der Waals surface area contributed by atoms with Gasteiger partial charge in [0.2, 0.25) is 0 Å². The summed E-state index contributed by atoms with van der Waals surface area (Å²) in [7, 11) is 0. The van der Waals surface area contributed by atoms with E-state index in [4.69, 9.17) is 24.2 Å². The summed E-state index contributed by atoms with van der Waals surface area (Å²) >= 11 is 0. The Bertz CT molecular complexity index is 447. The number of carbonyl (C=O) groups is 2. The van der Waals surface area contributed by atoms with E-state index in [-0.39, 0.29) is 32.2 Å². The summed E-state index contributed by atoms with van der Waals surface area (Å²) in [4.78, 5) is 23.1. The highest BCUT2D eigenvalue weighted by Crippen LogP contribution is 2.31. The van der Waals surface area contributed by atoms with E-state index in [2.05, 4.69) is 4.74 Å². The highest BCUT2D eigenvalue weighted by molar-refractivity contribution is 5.70. The summed E-state index contributed by atoms with van der Waals surface area (Å²) in [5.41, 5.74) is 0. The number of esters is 2. The average Bonchev–Trinajstić information content (AvgIpc) is 3.04. The first-order chi connectivity index (χ1) is 10.7. The number of nitrogens with zero attached hydrogens (tertiary/aromatic N) is 1. The Morgan fingerprint density at radius 2 is 1.64 bits per heavy atom. The van der Waals surface area contributed by atoms with E-state index < -0.39 is 30.4 Å². The van der Waals surface area contributed by atoms with E-state index in [0.717, 1.165) is 0 Å². The molecule has 8 heteroatoms. The van der Waals surface area contributed by atoms with Crippen LogP contribution in [0.4, 0.5) is 0 Å². The third kappa shape index (κ3) is 4.08. The predicted molar refractivity (Wildman–Crippen MR) is 70.3 cm³/mol. The van der Waals surface area contributed by atoms with Crippen molar-refractivity contribution in [2.24, 2.45) is 0 Å². The van der Waals surface area contributed by atoms with Crippen molar-refractivity contribution in [2.45, 2.75) is 50.6 Å². The number of carbonyl (C=O) groups excluding carboxylic acids is 2. The zero-order valence-corrected chi connectivity index (χ0v) is 12.4. The molecular weight excluding hydrogens is 294 g/mol. The van der Waals surface area contributed by atoms with Crippen LogP contribution in [0.25, 0.3) is 0 Å². The lowest BCUT2D eigenvalue weighted by Crippen LogP contribution is -2.36. The molecule has 2 heterocycles. The van der Waals surface area contributed by atoms with Crippen LogP contribution in [0.5, 0.6) is 0 Å². The monoisotopic (exact) mass is 313 g/mol. The van der Waals surface area contributed by atoms with E-state index in [1.165, 1.54) is 6.26 Å². The molecule has 122 valence electrons. The van der Waals surface area contributed by atoms with E-state index in [1.54, 1.807) is 0 Å². The average molecular weight is 313 g/mol. The fraction of sp³-hybridized carbons (Fsp3) is 0.786. The first kappa shape index (κ1) is 16.5. The first-order valence-corrected chi connectivity index (χ1v) is 7.28. The Balaban J connectivity index is 1.79. The molecule has 2 fully saturated rings.